The number of benzene rings is 2. The van der Waals surface area contributed by atoms with Crippen LogP contribution in [-0.2, 0) is 4.74 Å². The summed E-state index contributed by atoms with van der Waals surface area (Å²) in [5.74, 6) is -0.306. The summed E-state index contributed by atoms with van der Waals surface area (Å²) < 4.78 is 5.31. The molecule has 2 aromatic rings. The van der Waals surface area contributed by atoms with Gasteiger partial charge < -0.3 is 4.74 Å². The molecule has 23 heavy (non-hydrogen) atoms. The van der Waals surface area contributed by atoms with Gasteiger partial charge in [-0.15, -0.1) is 23.5 Å². The van der Waals surface area contributed by atoms with E-state index in [-0.39, 0.29) is 5.97 Å². The van der Waals surface area contributed by atoms with Crippen LogP contribution in [0.15, 0.2) is 52.3 Å². The third-order valence-electron chi connectivity index (χ3n) is 3.70. The topological polar surface area (TPSA) is 26.3 Å². The van der Waals surface area contributed by atoms with E-state index in [1.165, 1.54) is 28.0 Å². The van der Waals surface area contributed by atoms with Crippen molar-refractivity contribution in [2.24, 2.45) is 0 Å². The Hall–Kier alpha value is -1.65. The van der Waals surface area contributed by atoms with E-state index >= 15 is 0 Å². The summed E-state index contributed by atoms with van der Waals surface area (Å²) in [5.41, 5.74) is 4.10. The fourth-order valence-corrected chi connectivity index (χ4v) is 5.01. The minimum Gasteiger partial charge on any atom is -0.465 e. The van der Waals surface area contributed by atoms with E-state index in [1.54, 1.807) is 12.1 Å². The normalized spacial score (nSPS) is 17.0. The van der Waals surface area contributed by atoms with Crippen molar-refractivity contribution in [2.45, 2.75) is 28.2 Å². The molecule has 0 saturated carbocycles. The molecule has 1 atom stereocenters. The smallest absolute Gasteiger partial charge is 0.337 e. The SMILES string of the molecule is COC(=O)c1ccc(/C=C(\C)c2ccc3c(c2)SC(C)S3)cc1. The highest BCUT2D eigenvalue weighted by atomic mass is 32.2. The van der Waals surface area contributed by atoms with Crippen LogP contribution in [-0.4, -0.2) is 17.7 Å². The Kier molecular flexibility index (Phi) is 4.83. The third-order valence-corrected chi connectivity index (χ3v) is 6.27. The zero-order chi connectivity index (χ0) is 16.4. The van der Waals surface area contributed by atoms with Crippen molar-refractivity contribution >= 4 is 41.1 Å². The molecule has 1 unspecified atom stereocenters. The van der Waals surface area contributed by atoms with E-state index in [4.69, 9.17) is 4.74 Å². The molecule has 2 aromatic carbocycles. The van der Waals surface area contributed by atoms with Gasteiger partial charge in [0, 0.05) is 9.79 Å². The monoisotopic (exact) mass is 342 g/mol. The van der Waals surface area contributed by atoms with Gasteiger partial charge in [-0.2, -0.15) is 0 Å². The number of thioether (sulfide) groups is 2. The van der Waals surface area contributed by atoms with Crippen molar-refractivity contribution in [3.8, 4) is 0 Å². The summed E-state index contributed by atoms with van der Waals surface area (Å²) in [6, 6.07) is 14.1. The standard InChI is InChI=1S/C19H18O2S2/c1-12(10-14-4-6-15(7-5-14)19(20)21-3)16-8-9-17-18(11-16)23-13(2)22-17/h4-11,13H,1-3H3/b12-10+. The molecule has 1 aliphatic heterocycles. The van der Waals surface area contributed by atoms with Crippen LogP contribution in [0.1, 0.15) is 35.3 Å². The lowest BCUT2D eigenvalue weighted by molar-refractivity contribution is 0.0601. The Morgan fingerprint density at radius 1 is 1.04 bits per heavy atom. The molecule has 0 amide bonds. The predicted molar refractivity (Wildman–Crippen MR) is 98.9 cm³/mol. The number of hydrogen-bond acceptors (Lipinski definition) is 4. The van der Waals surface area contributed by atoms with Crippen LogP contribution < -0.4 is 0 Å². The number of rotatable bonds is 3. The van der Waals surface area contributed by atoms with Gasteiger partial charge in [-0.25, -0.2) is 4.79 Å². The molecule has 0 fully saturated rings. The van der Waals surface area contributed by atoms with Gasteiger partial charge in [0.05, 0.1) is 17.3 Å². The third kappa shape index (κ3) is 3.65. The maximum Gasteiger partial charge on any atom is 0.337 e. The highest BCUT2D eigenvalue weighted by molar-refractivity contribution is 8.19. The minimum atomic E-state index is -0.306. The van der Waals surface area contributed by atoms with Gasteiger partial charge in [-0.05, 0) is 54.8 Å². The molecule has 118 valence electrons. The molecule has 3 rings (SSSR count). The van der Waals surface area contributed by atoms with Crippen molar-refractivity contribution in [2.75, 3.05) is 7.11 Å². The fourth-order valence-electron chi connectivity index (χ4n) is 2.49. The van der Waals surface area contributed by atoms with Crippen LogP contribution >= 0.6 is 23.5 Å². The molecule has 0 aliphatic carbocycles. The Bertz CT molecular complexity index is 763. The predicted octanol–water partition coefficient (Wildman–Crippen LogP) is 5.58. The average Bonchev–Trinajstić information content (AvgIpc) is 2.93. The first-order chi connectivity index (χ1) is 11.1. The molecule has 0 N–H and O–H groups in total. The van der Waals surface area contributed by atoms with Crippen LogP contribution in [0.2, 0.25) is 0 Å². The zero-order valence-corrected chi connectivity index (χ0v) is 15.0. The first-order valence-electron chi connectivity index (χ1n) is 7.41. The van der Waals surface area contributed by atoms with Crippen molar-refractivity contribution in [1.82, 2.24) is 0 Å². The molecule has 0 spiro atoms. The van der Waals surface area contributed by atoms with Crippen LogP contribution in [0.5, 0.6) is 0 Å². The lowest BCUT2D eigenvalue weighted by atomic mass is 10.0. The molecule has 0 bridgehead atoms. The van der Waals surface area contributed by atoms with Crippen molar-refractivity contribution < 1.29 is 9.53 Å². The highest BCUT2D eigenvalue weighted by Gasteiger charge is 2.19. The van der Waals surface area contributed by atoms with Gasteiger partial charge in [0.1, 0.15) is 0 Å². The molecule has 1 heterocycles. The van der Waals surface area contributed by atoms with Gasteiger partial charge in [-0.3, -0.25) is 0 Å². The first kappa shape index (κ1) is 16.2. The van der Waals surface area contributed by atoms with E-state index in [2.05, 4.69) is 38.1 Å². The maximum absolute atomic E-state index is 11.5. The van der Waals surface area contributed by atoms with E-state index in [0.29, 0.717) is 10.1 Å². The Labute approximate surface area is 145 Å². The summed E-state index contributed by atoms with van der Waals surface area (Å²) in [4.78, 5) is 14.2. The molecule has 0 radical (unpaired) electrons. The largest absolute Gasteiger partial charge is 0.465 e. The molecule has 1 aliphatic rings. The van der Waals surface area contributed by atoms with E-state index in [1.807, 2.05) is 35.7 Å². The number of hydrogen-bond donors (Lipinski definition) is 0. The van der Waals surface area contributed by atoms with Gasteiger partial charge >= 0.3 is 5.97 Å². The van der Waals surface area contributed by atoms with Gasteiger partial charge in [0.25, 0.3) is 0 Å². The molecule has 0 saturated heterocycles. The molecular formula is C19H18O2S2. The summed E-state index contributed by atoms with van der Waals surface area (Å²) >= 11 is 3.84. The maximum atomic E-state index is 11.5. The average molecular weight is 342 g/mol. The lowest BCUT2D eigenvalue weighted by Crippen LogP contribution is -2.00. The minimum absolute atomic E-state index is 0.306. The number of ether oxygens (including phenoxy) is 1. The van der Waals surface area contributed by atoms with Crippen molar-refractivity contribution in [1.29, 1.82) is 0 Å². The highest BCUT2D eigenvalue weighted by Crippen LogP contribution is 2.48. The first-order valence-corrected chi connectivity index (χ1v) is 9.17. The van der Waals surface area contributed by atoms with Crippen LogP contribution in [0, 0.1) is 0 Å². The molecule has 2 nitrogen and oxygen atoms in total. The molecule has 0 aromatic heterocycles. The van der Waals surface area contributed by atoms with E-state index < -0.39 is 0 Å². The van der Waals surface area contributed by atoms with E-state index in [0.717, 1.165) is 5.56 Å². The number of carbonyl (C=O) groups is 1. The number of allylic oxidation sites excluding steroid dienone is 1. The molecule has 4 heteroatoms. The number of carbonyl (C=O) groups excluding carboxylic acids is 1. The zero-order valence-electron chi connectivity index (χ0n) is 13.3. The Balaban J connectivity index is 1.82. The lowest BCUT2D eigenvalue weighted by Gasteiger charge is -2.05. The summed E-state index contributed by atoms with van der Waals surface area (Å²) in [7, 11) is 1.39. The number of fused-ring (bicyclic) bond motifs is 1. The quantitative estimate of drug-likeness (QED) is 0.537. The summed E-state index contributed by atoms with van der Waals surface area (Å²) in [5, 5.41) is 0. The van der Waals surface area contributed by atoms with Crippen LogP contribution in [0.4, 0.5) is 0 Å². The van der Waals surface area contributed by atoms with Crippen LogP contribution in [0.3, 0.4) is 0 Å². The van der Waals surface area contributed by atoms with Gasteiger partial charge in [0.15, 0.2) is 0 Å². The van der Waals surface area contributed by atoms with Crippen molar-refractivity contribution in [3.63, 3.8) is 0 Å². The number of methoxy groups -OCH3 is 1. The van der Waals surface area contributed by atoms with Gasteiger partial charge in [0.2, 0.25) is 0 Å². The molecular weight excluding hydrogens is 324 g/mol. The Morgan fingerprint density at radius 2 is 1.70 bits per heavy atom. The fraction of sp³-hybridized carbons (Fsp3) is 0.211. The summed E-state index contributed by atoms with van der Waals surface area (Å²) in [6.45, 7) is 4.35. The number of esters is 1. The van der Waals surface area contributed by atoms with Gasteiger partial charge in [-0.1, -0.05) is 24.3 Å². The van der Waals surface area contributed by atoms with Crippen molar-refractivity contribution in [3.05, 3.63) is 59.2 Å². The summed E-state index contributed by atoms with van der Waals surface area (Å²) in [6.07, 6.45) is 2.14. The van der Waals surface area contributed by atoms with E-state index in [9.17, 15) is 4.79 Å². The second-order valence-corrected chi connectivity index (χ2v) is 8.47. The Morgan fingerprint density at radius 3 is 2.39 bits per heavy atom. The second-order valence-electron chi connectivity index (χ2n) is 5.41. The second kappa shape index (κ2) is 6.85. The van der Waals surface area contributed by atoms with Crippen LogP contribution in [0.25, 0.3) is 11.6 Å².